The third kappa shape index (κ3) is 4.83. The molecule has 146 valence electrons. The Morgan fingerprint density at radius 1 is 0.840 bits per heavy atom. The Morgan fingerprint density at radius 3 is 1.72 bits per heavy atom. The second-order valence-electron chi connectivity index (χ2n) is 9.69. The summed E-state index contributed by atoms with van der Waals surface area (Å²) < 4.78 is 27.6. The van der Waals surface area contributed by atoms with Gasteiger partial charge in [-0.1, -0.05) is 20.8 Å². The van der Waals surface area contributed by atoms with Gasteiger partial charge in [-0.3, -0.25) is 9.69 Å². The highest BCUT2D eigenvalue weighted by atomic mass is 32.2. The molecule has 2 heterocycles. The van der Waals surface area contributed by atoms with E-state index in [1.165, 1.54) is 0 Å². The normalized spacial score (nSPS) is 23.8. The summed E-state index contributed by atoms with van der Waals surface area (Å²) in [5.41, 5.74) is -0.244. The second-order valence-corrected chi connectivity index (χ2v) is 11.9. The van der Waals surface area contributed by atoms with Crippen molar-refractivity contribution in [3.05, 3.63) is 0 Å². The van der Waals surface area contributed by atoms with Crippen LogP contribution < -0.4 is 0 Å². The molecule has 0 N–H and O–H groups in total. The molecule has 2 aliphatic rings. The van der Waals surface area contributed by atoms with Gasteiger partial charge in [0.1, 0.15) is 5.78 Å². The van der Waals surface area contributed by atoms with Crippen molar-refractivity contribution < 1.29 is 13.2 Å². The lowest BCUT2D eigenvalue weighted by Crippen LogP contribution is -2.52. The molecule has 0 aromatic heterocycles. The van der Waals surface area contributed by atoms with Gasteiger partial charge < -0.3 is 0 Å². The minimum atomic E-state index is -3.24. The molecule has 0 amide bonds. The number of Topliss-reactive ketones (excluding diaryl/α,β-unsaturated/α-hetero) is 1. The molecular weight excluding hydrogens is 336 g/mol. The molecule has 5 nitrogen and oxygen atoms in total. The summed E-state index contributed by atoms with van der Waals surface area (Å²) in [4.78, 5) is 14.8. The van der Waals surface area contributed by atoms with E-state index in [-0.39, 0.29) is 27.9 Å². The summed E-state index contributed by atoms with van der Waals surface area (Å²) >= 11 is 0. The molecule has 0 saturated carbocycles. The number of carbonyl (C=O) groups excluding carboxylic acids is 1. The third-order valence-electron chi connectivity index (χ3n) is 5.74. The van der Waals surface area contributed by atoms with Gasteiger partial charge in [0.15, 0.2) is 0 Å². The number of hydrogen-bond acceptors (Lipinski definition) is 4. The molecule has 0 bridgehead atoms. The Morgan fingerprint density at radius 2 is 1.32 bits per heavy atom. The van der Waals surface area contributed by atoms with Crippen molar-refractivity contribution in [2.45, 2.75) is 78.0 Å². The van der Waals surface area contributed by atoms with Crippen molar-refractivity contribution in [1.29, 1.82) is 0 Å². The topological polar surface area (TPSA) is 57.7 Å². The minimum absolute atomic E-state index is 0.00851. The lowest BCUT2D eigenvalue weighted by Gasteiger charge is -2.42. The number of hydrogen-bond donors (Lipinski definition) is 0. The first-order valence-electron chi connectivity index (χ1n) is 9.62. The Kier molecular flexibility index (Phi) is 6.07. The van der Waals surface area contributed by atoms with Gasteiger partial charge in [0.2, 0.25) is 10.0 Å². The van der Waals surface area contributed by atoms with Gasteiger partial charge in [-0.2, -0.15) is 0 Å². The summed E-state index contributed by atoms with van der Waals surface area (Å²) in [6, 6.07) is 0. The number of ketones is 1. The molecule has 0 aliphatic carbocycles. The molecule has 6 heteroatoms. The molecule has 2 saturated heterocycles. The summed E-state index contributed by atoms with van der Waals surface area (Å²) in [5.74, 6) is 0.275. The van der Waals surface area contributed by atoms with E-state index < -0.39 is 10.0 Å². The summed E-state index contributed by atoms with van der Waals surface area (Å²) in [5, 5.41) is -0.263. The standard InChI is InChI=1S/C19H36N2O3S/c1-18(2,3)17(22)15-7-13-21(14-8-15)25(23,24)16-9-11-20(12-10-16)19(4,5)6/h15-16H,7-14H2,1-6H3. The van der Waals surface area contributed by atoms with E-state index in [0.29, 0.717) is 38.8 Å². The Bertz CT molecular complexity index is 571. The zero-order chi connectivity index (χ0) is 19.0. The largest absolute Gasteiger partial charge is 0.299 e. The maximum absolute atomic E-state index is 13.0. The SMILES string of the molecule is CC(C)(C)C(=O)C1CCN(S(=O)(=O)C2CCN(C(C)(C)C)CC2)CC1. The lowest BCUT2D eigenvalue weighted by atomic mass is 9.79. The smallest absolute Gasteiger partial charge is 0.217 e. The highest BCUT2D eigenvalue weighted by Crippen LogP contribution is 2.31. The zero-order valence-corrected chi connectivity index (χ0v) is 17.7. The monoisotopic (exact) mass is 372 g/mol. The fourth-order valence-electron chi connectivity index (χ4n) is 4.02. The van der Waals surface area contributed by atoms with Crippen molar-refractivity contribution in [1.82, 2.24) is 9.21 Å². The highest BCUT2D eigenvalue weighted by molar-refractivity contribution is 7.89. The van der Waals surface area contributed by atoms with Crippen molar-refractivity contribution >= 4 is 15.8 Å². The molecule has 0 unspecified atom stereocenters. The van der Waals surface area contributed by atoms with E-state index in [9.17, 15) is 13.2 Å². The molecule has 25 heavy (non-hydrogen) atoms. The van der Waals surface area contributed by atoms with E-state index in [2.05, 4.69) is 25.7 Å². The van der Waals surface area contributed by atoms with E-state index in [1.807, 2.05) is 20.8 Å². The van der Waals surface area contributed by atoms with Crippen molar-refractivity contribution in [2.24, 2.45) is 11.3 Å². The number of carbonyl (C=O) groups is 1. The third-order valence-corrected chi connectivity index (χ3v) is 8.13. The van der Waals surface area contributed by atoms with Gasteiger partial charge in [-0.05, 0) is 59.5 Å². The van der Waals surface area contributed by atoms with Gasteiger partial charge in [0, 0.05) is 30.0 Å². The van der Waals surface area contributed by atoms with Gasteiger partial charge in [-0.15, -0.1) is 0 Å². The fourth-order valence-corrected chi connectivity index (χ4v) is 5.97. The molecule has 2 rings (SSSR count). The Hall–Kier alpha value is -0.460. The summed E-state index contributed by atoms with van der Waals surface area (Å²) in [6.45, 7) is 15.0. The van der Waals surface area contributed by atoms with Crippen molar-refractivity contribution in [3.63, 3.8) is 0 Å². The van der Waals surface area contributed by atoms with Crippen LogP contribution in [0.5, 0.6) is 0 Å². The lowest BCUT2D eigenvalue weighted by molar-refractivity contribution is -0.131. The predicted molar refractivity (Wildman–Crippen MR) is 102 cm³/mol. The quantitative estimate of drug-likeness (QED) is 0.764. The highest BCUT2D eigenvalue weighted by Gasteiger charge is 2.40. The van der Waals surface area contributed by atoms with Crippen LogP contribution in [0.4, 0.5) is 0 Å². The molecular formula is C19H36N2O3S. The molecule has 2 aliphatic heterocycles. The minimum Gasteiger partial charge on any atom is -0.299 e. The van der Waals surface area contributed by atoms with E-state index >= 15 is 0 Å². The maximum atomic E-state index is 13.0. The molecule has 0 atom stereocenters. The van der Waals surface area contributed by atoms with Crippen molar-refractivity contribution in [3.8, 4) is 0 Å². The van der Waals surface area contributed by atoms with Crippen LogP contribution >= 0.6 is 0 Å². The molecule has 0 aromatic carbocycles. The van der Waals surface area contributed by atoms with Crippen LogP contribution in [-0.2, 0) is 14.8 Å². The number of nitrogens with zero attached hydrogens (tertiary/aromatic N) is 2. The van der Waals surface area contributed by atoms with Gasteiger partial charge in [0.05, 0.1) is 5.25 Å². The molecule has 0 aromatic rings. The van der Waals surface area contributed by atoms with Crippen molar-refractivity contribution in [2.75, 3.05) is 26.2 Å². The first-order chi connectivity index (χ1) is 11.3. The molecule has 0 radical (unpaired) electrons. The van der Waals surface area contributed by atoms with Crippen LogP contribution in [0.15, 0.2) is 0 Å². The predicted octanol–water partition coefficient (Wildman–Crippen LogP) is 2.91. The summed E-state index contributed by atoms with van der Waals surface area (Å²) in [7, 11) is -3.24. The van der Waals surface area contributed by atoms with E-state index in [4.69, 9.17) is 0 Å². The van der Waals surface area contributed by atoms with Gasteiger partial charge >= 0.3 is 0 Å². The van der Waals surface area contributed by atoms with Crippen LogP contribution in [0.1, 0.15) is 67.2 Å². The van der Waals surface area contributed by atoms with E-state index in [0.717, 1.165) is 13.1 Å². The fraction of sp³-hybridized carbons (Fsp3) is 0.947. The first kappa shape index (κ1) is 20.8. The zero-order valence-electron chi connectivity index (χ0n) is 16.8. The van der Waals surface area contributed by atoms with Gasteiger partial charge in [-0.25, -0.2) is 12.7 Å². The average Bonchev–Trinajstić information content (AvgIpc) is 2.52. The summed E-state index contributed by atoms with van der Waals surface area (Å²) in [6.07, 6.45) is 2.74. The number of likely N-dealkylation sites (tertiary alicyclic amines) is 1. The van der Waals surface area contributed by atoms with Crippen LogP contribution in [0.3, 0.4) is 0 Å². The first-order valence-corrected chi connectivity index (χ1v) is 11.1. The van der Waals surface area contributed by atoms with E-state index in [1.54, 1.807) is 4.31 Å². The van der Waals surface area contributed by atoms with Gasteiger partial charge in [0.25, 0.3) is 0 Å². The van der Waals surface area contributed by atoms with Crippen LogP contribution in [0.2, 0.25) is 0 Å². The maximum Gasteiger partial charge on any atom is 0.217 e. The number of rotatable bonds is 3. The Balaban J connectivity index is 1.93. The average molecular weight is 373 g/mol. The molecule has 2 fully saturated rings. The van der Waals surface area contributed by atoms with Crippen LogP contribution in [0, 0.1) is 11.3 Å². The second kappa shape index (κ2) is 7.28. The van der Waals surface area contributed by atoms with Crippen LogP contribution in [0.25, 0.3) is 0 Å². The van der Waals surface area contributed by atoms with Crippen LogP contribution in [-0.4, -0.2) is 60.4 Å². The number of piperidine rings is 2. The Labute approximate surface area is 154 Å². The molecule has 0 spiro atoms. The number of sulfonamides is 1.